The fraction of sp³-hybridized carbons (Fsp3) is 0.391. The van der Waals surface area contributed by atoms with Crippen molar-refractivity contribution in [2.75, 3.05) is 17.2 Å². The fourth-order valence-electron chi connectivity index (χ4n) is 2.62. The monoisotopic (exact) mass is 382 g/mol. The number of nitrogens with one attached hydrogen (secondary N) is 2. The average Bonchev–Trinajstić information content (AvgIpc) is 2.60. The van der Waals surface area contributed by atoms with Gasteiger partial charge in [0.2, 0.25) is 5.91 Å². The van der Waals surface area contributed by atoms with Gasteiger partial charge in [-0.15, -0.1) is 0 Å². The highest BCUT2D eigenvalue weighted by molar-refractivity contribution is 5.93. The van der Waals surface area contributed by atoms with Crippen molar-refractivity contribution >= 4 is 23.2 Å². The van der Waals surface area contributed by atoms with Gasteiger partial charge in [-0.2, -0.15) is 0 Å². The lowest BCUT2D eigenvalue weighted by molar-refractivity contribution is -0.118. The topological polar surface area (TPSA) is 67.4 Å². The van der Waals surface area contributed by atoms with Crippen molar-refractivity contribution in [1.29, 1.82) is 0 Å². The van der Waals surface area contributed by atoms with E-state index in [4.69, 9.17) is 4.74 Å². The molecule has 0 aliphatic carbocycles. The van der Waals surface area contributed by atoms with Gasteiger partial charge >= 0.3 is 0 Å². The van der Waals surface area contributed by atoms with Crippen LogP contribution in [0, 0.1) is 5.92 Å². The van der Waals surface area contributed by atoms with Crippen LogP contribution in [0.2, 0.25) is 0 Å². The molecule has 0 heterocycles. The zero-order chi connectivity index (χ0) is 20.7. The highest BCUT2D eigenvalue weighted by atomic mass is 16.5. The summed E-state index contributed by atoms with van der Waals surface area (Å²) in [7, 11) is 0. The van der Waals surface area contributed by atoms with Crippen molar-refractivity contribution in [2.45, 2.75) is 46.5 Å². The van der Waals surface area contributed by atoms with Crippen LogP contribution in [0.3, 0.4) is 0 Å². The summed E-state index contributed by atoms with van der Waals surface area (Å²) in [5.74, 6) is 0.726. The summed E-state index contributed by atoms with van der Waals surface area (Å²) in [5, 5.41) is 5.63. The minimum absolute atomic E-state index is 0.0160. The molecule has 2 rings (SSSR count). The highest BCUT2D eigenvalue weighted by Crippen LogP contribution is 2.25. The largest absolute Gasteiger partial charge is 0.484 e. The van der Waals surface area contributed by atoms with E-state index in [1.54, 1.807) is 24.3 Å². The smallest absolute Gasteiger partial charge is 0.262 e. The van der Waals surface area contributed by atoms with Gasteiger partial charge in [-0.3, -0.25) is 9.59 Å². The van der Waals surface area contributed by atoms with Crippen LogP contribution in [0.5, 0.6) is 5.75 Å². The molecule has 0 radical (unpaired) electrons. The molecule has 0 aliphatic rings. The van der Waals surface area contributed by atoms with Crippen molar-refractivity contribution in [1.82, 2.24) is 0 Å². The van der Waals surface area contributed by atoms with Gasteiger partial charge in [0.05, 0.1) is 0 Å². The summed E-state index contributed by atoms with van der Waals surface area (Å²) in [4.78, 5) is 23.9. The predicted octanol–water partition coefficient (Wildman–Crippen LogP) is 4.99. The Bertz CT molecular complexity index is 805. The highest BCUT2D eigenvalue weighted by Gasteiger charge is 2.14. The van der Waals surface area contributed by atoms with E-state index in [2.05, 4.69) is 37.5 Å². The lowest BCUT2D eigenvalue weighted by atomic mass is 9.87. The molecule has 0 fully saturated rings. The number of hydrogen-bond donors (Lipinski definition) is 2. The molecule has 2 N–H and O–H groups in total. The van der Waals surface area contributed by atoms with Gasteiger partial charge in [0.15, 0.2) is 6.61 Å². The Kier molecular flexibility index (Phi) is 7.21. The molecule has 0 atom stereocenters. The van der Waals surface area contributed by atoms with Crippen molar-refractivity contribution in [3.63, 3.8) is 0 Å². The molecule has 5 heteroatoms. The molecular weight excluding hydrogens is 352 g/mol. The summed E-state index contributed by atoms with van der Waals surface area (Å²) in [6.45, 7) is 10.3. The quantitative estimate of drug-likeness (QED) is 0.709. The number of ether oxygens (including phenoxy) is 1. The third kappa shape index (κ3) is 7.06. The van der Waals surface area contributed by atoms with Crippen LogP contribution in [-0.2, 0) is 15.0 Å². The van der Waals surface area contributed by atoms with Crippen molar-refractivity contribution in [2.24, 2.45) is 5.92 Å². The van der Waals surface area contributed by atoms with Crippen molar-refractivity contribution in [3.05, 3.63) is 54.1 Å². The first-order chi connectivity index (χ1) is 13.1. The zero-order valence-corrected chi connectivity index (χ0v) is 17.3. The van der Waals surface area contributed by atoms with E-state index in [0.717, 1.165) is 5.56 Å². The minimum Gasteiger partial charge on any atom is -0.484 e. The van der Waals surface area contributed by atoms with Gasteiger partial charge < -0.3 is 15.4 Å². The Morgan fingerprint density at radius 2 is 1.50 bits per heavy atom. The standard InChI is InChI=1S/C23H30N2O3/c1-16(2)13-21(26)24-18-9-11-19(12-10-18)25-22(27)15-28-20-8-6-7-17(14-20)23(3,4)5/h6-12,14,16H,13,15H2,1-5H3,(H,24,26)(H,25,27). The molecule has 0 aromatic heterocycles. The van der Waals surface area contributed by atoms with Crippen LogP contribution in [0.15, 0.2) is 48.5 Å². The van der Waals surface area contributed by atoms with Gasteiger partial charge in [-0.1, -0.05) is 46.8 Å². The molecule has 2 aromatic rings. The summed E-state index contributed by atoms with van der Waals surface area (Å²) in [6.07, 6.45) is 0.478. The Morgan fingerprint density at radius 3 is 2.04 bits per heavy atom. The van der Waals surface area contributed by atoms with Crippen LogP contribution in [0.4, 0.5) is 11.4 Å². The third-order valence-electron chi connectivity index (χ3n) is 4.12. The van der Waals surface area contributed by atoms with E-state index < -0.39 is 0 Å². The van der Waals surface area contributed by atoms with Crippen LogP contribution >= 0.6 is 0 Å². The lowest BCUT2D eigenvalue weighted by Crippen LogP contribution is -2.20. The lowest BCUT2D eigenvalue weighted by Gasteiger charge is -2.19. The Hall–Kier alpha value is -2.82. The van der Waals surface area contributed by atoms with E-state index in [0.29, 0.717) is 29.5 Å². The summed E-state index contributed by atoms with van der Waals surface area (Å²) in [5.41, 5.74) is 2.53. The first kappa shape index (κ1) is 21.5. The maximum absolute atomic E-state index is 12.1. The third-order valence-corrected chi connectivity index (χ3v) is 4.12. The van der Waals surface area contributed by atoms with E-state index in [9.17, 15) is 9.59 Å². The molecule has 2 aromatic carbocycles. The second-order valence-corrected chi connectivity index (χ2v) is 8.34. The number of carbonyl (C=O) groups excluding carboxylic acids is 2. The van der Waals surface area contributed by atoms with Crippen LogP contribution in [-0.4, -0.2) is 18.4 Å². The number of carbonyl (C=O) groups is 2. The van der Waals surface area contributed by atoms with Gasteiger partial charge in [0, 0.05) is 17.8 Å². The second kappa shape index (κ2) is 9.40. The molecule has 0 spiro atoms. The molecule has 0 saturated carbocycles. The Balaban J connectivity index is 1.85. The number of rotatable bonds is 7. The molecule has 0 saturated heterocycles. The van der Waals surface area contributed by atoms with E-state index in [1.165, 1.54) is 0 Å². The molecular formula is C23H30N2O3. The van der Waals surface area contributed by atoms with E-state index in [-0.39, 0.29) is 23.8 Å². The van der Waals surface area contributed by atoms with Crippen LogP contribution in [0.1, 0.15) is 46.6 Å². The first-order valence-corrected chi connectivity index (χ1v) is 9.56. The van der Waals surface area contributed by atoms with E-state index in [1.807, 2.05) is 32.0 Å². The van der Waals surface area contributed by atoms with Gasteiger partial charge in [0.25, 0.3) is 5.91 Å². The molecule has 0 unspecified atom stereocenters. The first-order valence-electron chi connectivity index (χ1n) is 9.56. The molecule has 2 amide bonds. The SMILES string of the molecule is CC(C)CC(=O)Nc1ccc(NC(=O)COc2cccc(C(C)(C)C)c2)cc1. The van der Waals surface area contributed by atoms with Gasteiger partial charge in [0.1, 0.15) is 5.75 Å². The predicted molar refractivity (Wildman–Crippen MR) is 114 cm³/mol. The summed E-state index contributed by atoms with van der Waals surface area (Å²) < 4.78 is 5.62. The van der Waals surface area contributed by atoms with Crippen molar-refractivity contribution < 1.29 is 14.3 Å². The maximum atomic E-state index is 12.1. The maximum Gasteiger partial charge on any atom is 0.262 e. The number of hydrogen-bond acceptors (Lipinski definition) is 3. The minimum atomic E-state index is -0.238. The molecule has 5 nitrogen and oxygen atoms in total. The fourth-order valence-corrected chi connectivity index (χ4v) is 2.62. The molecule has 150 valence electrons. The molecule has 0 bridgehead atoms. The van der Waals surface area contributed by atoms with Gasteiger partial charge in [-0.05, 0) is 53.3 Å². The zero-order valence-electron chi connectivity index (χ0n) is 17.3. The van der Waals surface area contributed by atoms with E-state index >= 15 is 0 Å². The Morgan fingerprint density at radius 1 is 0.929 bits per heavy atom. The number of benzene rings is 2. The Labute approximate surface area is 167 Å². The molecule has 28 heavy (non-hydrogen) atoms. The van der Waals surface area contributed by atoms with Crippen molar-refractivity contribution in [3.8, 4) is 5.75 Å². The summed E-state index contributed by atoms with van der Waals surface area (Å²) >= 11 is 0. The van der Waals surface area contributed by atoms with Crippen LogP contribution in [0.25, 0.3) is 0 Å². The number of amides is 2. The summed E-state index contributed by atoms with van der Waals surface area (Å²) in [6, 6.07) is 14.8. The average molecular weight is 383 g/mol. The molecule has 0 aliphatic heterocycles. The second-order valence-electron chi connectivity index (χ2n) is 8.34. The number of anilines is 2. The van der Waals surface area contributed by atoms with Crippen LogP contribution < -0.4 is 15.4 Å². The van der Waals surface area contributed by atoms with Gasteiger partial charge in [-0.25, -0.2) is 0 Å². The normalized spacial score (nSPS) is 11.2.